The molecule has 3 nitrogen and oxygen atoms in total. The van der Waals surface area contributed by atoms with Gasteiger partial charge in [-0.05, 0) is 122 Å². The highest BCUT2D eigenvalue weighted by atomic mass is 16.5. The second-order valence-corrected chi connectivity index (χ2v) is 16.8. The van der Waals surface area contributed by atoms with Crippen LogP contribution in [0.25, 0.3) is 60.9 Å². The highest BCUT2D eigenvalue weighted by molar-refractivity contribution is 6.12. The second-order valence-electron chi connectivity index (χ2n) is 16.8. The molecule has 1 aliphatic carbocycles. The number of hydrogen-bond donors (Lipinski definition) is 0. The van der Waals surface area contributed by atoms with Gasteiger partial charge in [-0.3, -0.25) is 0 Å². The third kappa shape index (κ3) is 5.41. The fraction of sp³-hybridized carbons (Fsp3) is 0.0164. The number of benzene rings is 10. The average molecular weight is 817 g/mol. The quantitative estimate of drug-likeness (QED) is 0.159. The van der Waals surface area contributed by atoms with Gasteiger partial charge < -0.3 is 14.2 Å². The molecule has 0 saturated carbocycles. The summed E-state index contributed by atoms with van der Waals surface area (Å²) in [5.41, 5.74) is 18.4. The van der Waals surface area contributed by atoms with Crippen LogP contribution in [0.3, 0.4) is 0 Å². The molecule has 10 aromatic carbocycles. The van der Waals surface area contributed by atoms with E-state index >= 15 is 0 Å². The smallest absolute Gasteiger partial charge is 0.152 e. The molecule has 0 saturated heterocycles. The van der Waals surface area contributed by atoms with Gasteiger partial charge in [0.15, 0.2) is 11.5 Å². The Bertz CT molecular complexity index is 3530. The maximum absolute atomic E-state index is 6.52. The maximum atomic E-state index is 6.52. The van der Waals surface area contributed by atoms with Crippen molar-refractivity contribution in [2.45, 2.75) is 5.41 Å². The van der Waals surface area contributed by atoms with E-state index in [-0.39, 0.29) is 0 Å². The van der Waals surface area contributed by atoms with E-state index in [0.29, 0.717) is 0 Å². The van der Waals surface area contributed by atoms with Crippen molar-refractivity contribution in [2.24, 2.45) is 0 Å². The molecule has 0 amide bonds. The van der Waals surface area contributed by atoms with Gasteiger partial charge in [0.2, 0.25) is 0 Å². The van der Waals surface area contributed by atoms with Gasteiger partial charge in [0.05, 0.1) is 22.1 Å². The monoisotopic (exact) mass is 816 g/mol. The first-order valence-electron chi connectivity index (χ1n) is 22.0. The molecule has 0 N–H and O–H groups in total. The first-order valence-corrected chi connectivity index (χ1v) is 22.0. The highest BCUT2D eigenvalue weighted by Gasteiger charge is 2.46. The van der Waals surface area contributed by atoms with E-state index in [9.17, 15) is 0 Å². The van der Waals surface area contributed by atoms with E-state index in [4.69, 9.17) is 4.74 Å². The molecule has 11 aromatic rings. The summed E-state index contributed by atoms with van der Waals surface area (Å²) in [6.07, 6.45) is 0. The minimum atomic E-state index is -0.487. The number of aromatic nitrogens is 1. The Morgan fingerprint density at radius 2 is 0.938 bits per heavy atom. The fourth-order valence-electron chi connectivity index (χ4n) is 10.7. The summed E-state index contributed by atoms with van der Waals surface area (Å²) in [5.74, 6) is 1.75. The summed E-state index contributed by atoms with van der Waals surface area (Å²) in [5, 5.41) is 2.43. The van der Waals surface area contributed by atoms with Crippen LogP contribution >= 0.6 is 0 Å². The van der Waals surface area contributed by atoms with Gasteiger partial charge in [0, 0.05) is 27.8 Å². The van der Waals surface area contributed by atoms with Crippen LogP contribution in [0.2, 0.25) is 0 Å². The Morgan fingerprint density at radius 3 is 1.72 bits per heavy atom. The Labute approximate surface area is 372 Å². The minimum Gasteiger partial charge on any atom is -0.453 e. The fourth-order valence-corrected chi connectivity index (χ4v) is 10.7. The number of rotatable bonds is 7. The predicted octanol–water partition coefficient (Wildman–Crippen LogP) is 16.1. The molecule has 0 unspecified atom stereocenters. The maximum Gasteiger partial charge on any atom is 0.152 e. The standard InChI is InChI=1S/C61H40N2O/c1-4-18-45(19-5-1)61(46-20-6-2-7-21-46)54-27-12-10-24-50(54)51-36-35-49(40-55(51)61)62(47-22-8-3-9-23-47)48-33-30-41(31-34-48)42-16-14-17-43(38-42)44-32-37-58-57(39-44)63-56-28-13-11-25-52(56)53-26-15-29-59(64-58)60(53)63/h1-40H. The molecule has 0 bridgehead atoms. The van der Waals surface area contributed by atoms with E-state index in [0.717, 1.165) is 62.0 Å². The van der Waals surface area contributed by atoms with Crippen LogP contribution in [0.5, 0.6) is 11.5 Å². The van der Waals surface area contributed by atoms with Crippen LogP contribution in [-0.4, -0.2) is 4.57 Å². The Balaban J connectivity index is 0.899. The molecule has 0 spiro atoms. The molecule has 2 aliphatic rings. The third-order valence-electron chi connectivity index (χ3n) is 13.4. The van der Waals surface area contributed by atoms with Crippen molar-refractivity contribution in [1.82, 2.24) is 4.57 Å². The summed E-state index contributed by atoms with van der Waals surface area (Å²) < 4.78 is 8.89. The topological polar surface area (TPSA) is 17.4 Å². The zero-order valence-corrected chi connectivity index (χ0v) is 34.9. The summed E-state index contributed by atoms with van der Waals surface area (Å²) in [4.78, 5) is 2.39. The van der Waals surface area contributed by atoms with E-state index in [1.54, 1.807) is 0 Å². The van der Waals surface area contributed by atoms with Gasteiger partial charge in [-0.1, -0.05) is 176 Å². The molecule has 0 radical (unpaired) electrons. The Morgan fingerprint density at radius 1 is 0.359 bits per heavy atom. The Kier molecular flexibility index (Phi) is 8.13. The van der Waals surface area contributed by atoms with Crippen molar-refractivity contribution >= 4 is 38.9 Å². The Hall–Kier alpha value is -8.40. The number of anilines is 3. The largest absolute Gasteiger partial charge is 0.453 e. The number of para-hydroxylation sites is 3. The van der Waals surface area contributed by atoms with Crippen molar-refractivity contribution in [3.8, 4) is 50.6 Å². The van der Waals surface area contributed by atoms with Crippen LogP contribution in [0.1, 0.15) is 22.3 Å². The first kappa shape index (κ1) is 36.3. The van der Waals surface area contributed by atoms with Crippen LogP contribution in [0.15, 0.2) is 243 Å². The molecule has 0 atom stereocenters. The predicted molar refractivity (Wildman–Crippen MR) is 264 cm³/mol. The minimum absolute atomic E-state index is 0.487. The van der Waals surface area contributed by atoms with E-state index in [2.05, 4.69) is 252 Å². The molecule has 64 heavy (non-hydrogen) atoms. The van der Waals surface area contributed by atoms with Crippen LogP contribution in [-0.2, 0) is 5.41 Å². The van der Waals surface area contributed by atoms with Gasteiger partial charge in [-0.25, -0.2) is 0 Å². The lowest BCUT2D eigenvalue weighted by atomic mass is 9.67. The zero-order valence-electron chi connectivity index (χ0n) is 34.9. The summed E-state index contributed by atoms with van der Waals surface area (Å²) in [6.45, 7) is 0. The van der Waals surface area contributed by atoms with Gasteiger partial charge in [-0.2, -0.15) is 0 Å². The molecule has 1 aliphatic heterocycles. The SMILES string of the molecule is c1ccc(N(c2ccc(-c3cccc(-c4ccc5c(c4)-n4c6ccccc6c6cccc(c64)O5)c3)cc2)c2ccc3c(c2)C(c2ccccc2)(c2ccccc2)c2ccccc2-3)cc1. The van der Waals surface area contributed by atoms with Crippen molar-refractivity contribution < 1.29 is 4.74 Å². The van der Waals surface area contributed by atoms with Crippen molar-refractivity contribution in [2.75, 3.05) is 4.90 Å². The molecule has 0 fully saturated rings. The summed E-state index contributed by atoms with van der Waals surface area (Å²) in [6, 6.07) is 88.2. The van der Waals surface area contributed by atoms with Crippen molar-refractivity contribution in [1.29, 1.82) is 0 Å². The molecule has 3 heteroatoms. The normalized spacial score (nSPS) is 12.9. The van der Waals surface area contributed by atoms with Gasteiger partial charge in [-0.15, -0.1) is 0 Å². The van der Waals surface area contributed by atoms with Gasteiger partial charge in [0.25, 0.3) is 0 Å². The number of ether oxygens (including phenoxy) is 1. The number of fused-ring (bicyclic) bond motifs is 8. The lowest BCUT2D eigenvalue weighted by Crippen LogP contribution is -2.28. The third-order valence-corrected chi connectivity index (χ3v) is 13.4. The second kappa shape index (κ2) is 14.3. The van der Waals surface area contributed by atoms with Crippen LogP contribution < -0.4 is 9.64 Å². The summed E-state index contributed by atoms with van der Waals surface area (Å²) >= 11 is 0. The zero-order chi connectivity index (χ0) is 42.2. The van der Waals surface area contributed by atoms with E-state index < -0.39 is 5.41 Å². The van der Waals surface area contributed by atoms with Crippen LogP contribution in [0, 0.1) is 0 Å². The molecule has 13 rings (SSSR count). The first-order chi connectivity index (χ1) is 31.7. The molecule has 1 aromatic heterocycles. The van der Waals surface area contributed by atoms with E-state index in [1.807, 2.05) is 0 Å². The molecular formula is C61H40N2O. The van der Waals surface area contributed by atoms with Gasteiger partial charge >= 0.3 is 0 Å². The molecule has 300 valence electrons. The lowest BCUT2D eigenvalue weighted by Gasteiger charge is -2.35. The number of hydrogen-bond acceptors (Lipinski definition) is 2. The lowest BCUT2D eigenvalue weighted by molar-refractivity contribution is 0.476. The average Bonchev–Trinajstić information content (AvgIpc) is 3.87. The molecular weight excluding hydrogens is 777 g/mol. The highest BCUT2D eigenvalue weighted by Crippen LogP contribution is 2.57. The number of nitrogens with zero attached hydrogens (tertiary/aromatic N) is 2. The summed E-state index contributed by atoms with van der Waals surface area (Å²) in [7, 11) is 0. The van der Waals surface area contributed by atoms with E-state index in [1.165, 1.54) is 49.7 Å². The molecule has 2 heterocycles. The van der Waals surface area contributed by atoms with Gasteiger partial charge in [0.1, 0.15) is 0 Å². The van der Waals surface area contributed by atoms with Crippen molar-refractivity contribution in [3.63, 3.8) is 0 Å². The van der Waals surface area contributed by atoms with Crippen LogP contribution in [0.4, 0.5) is 17.1 Å². The van der Waals surface area contributed by atoms with Crippen molar-refractivity contribution in [3.05, 3.63) is 265 Å².